The third-order valence-corrected chi connectivity index (χ3v) is 3.60. The molecule has 0 bridgehead atoms. The fraction of sp³-hybridized carbons (Fsp3) is 0.286. The third kappa shape index (κ3) is 1.82. The highest BCUT2D eigenvalue weighted by atomic mass is 79.9. The van der Waals surface area contributed by atoms with Crippen LogP contribution in [0, 0.1) is 0 Å². The van der Waals surface area contributed by atoms with Crippen molar-refractivity contribution in [3.63, 3.8) is 0 Å². The van der Waals surface area contributed by atoms with Gasteiger partial charge in [-0.05, 0) is 43.7 Å². The van der Waals surface area contributed by atoms with E-state index in [1.54, 1.807) is 0 Å². The second-order valence-corrected chi connectivity index (χ2v) is 5.85. The van der Waals surface area contributed by atoms with Gasteiger partial charge in [-0.25, -0.2) is 0 Å². The normalized spacial score (nSPS) is 12.0. The summed E-state index contributed by atoms with van der Waals surface area (Å²) >= 11 is 3.43. The molecule has 0 atom stereocenters. The minimum atomic E-state index is 0.0256. The Morgan fingerprint density at radius 2 is 1.62 bits per heavy atom. The molecule has 2 aromatic rings. The Hall–Kier alpha value is -1.02. The summed E-state index contributed by atoms with van der Waals surface area (Å²) in [6, 6.07) is 9.99. The molecule has 0 spiro atoms. The SMILES string of the molecule is CC(C)(C)c1cc(O)c(Br)c2ccccc12. The lowest BCUT2D eigenvalue weighted by Crippen LogP contribution is -2.11. The number of phenols is 1. The van der Waals surface area contributed by atoms with Crippen molar-refractivity contribution in [1.82, 2.24) is 0 Å². The van der Waals surface area contributed by atoms with Crippen molar-refractivity contribution in [3.05, 3.63) is 40.4 Å². The van der Waals surface area contributed by atoms with Gasteiger partial charge in [-0.1, -0.05) is 45.0 Å². The summed E-state index contributed by atoms with van der Waals surface area (Å²) in [5.41, 5.74) is 1.20. The smallest absolute Gasteiger partial charge is 0.130 e. The number of rotatable bonds is 0. The van der Waals surface area contributed by atoms with E-state index in [0.717, 1.165) is 9.86 Å². The molecule has 0 aromatic heterocycles. The van der Waals surface area contributed by atoms with Gasteiger partial charge in [0.05, 0.1) is 4.47 Å². The van der Waals surface area contributed by atoms with Gasteiger partial charge in [-0.3, -0.25) is 0 Å². The van der Waals surface area contributed by atoms with Gasteiger partial charge in [0, 0.05) is 0 Å². The van der Waals surface area contributed by atoms with Crippen LogP contribution in [0.25, 0.3) is 10.8 Å². The van der Waals surface area contributed by atoms with E-state index in [0.29, 0.717) is 5.75 Å². The second kappa shape index (κ2) is 3.77. The minimum absolute atomic E-state index is 0.0256. The van der Waals surface area contributed by atoms with E-state index in [4.69, 9.17) is 0 Å². The first-order chi connectivity index (χ1) is 7.41. The monoisotopic (exact) mass is 278 g/mol. The average Bonchev–Trinajstić information content (AvgIpc) is 2.22. The van der Waals surface area contributed by atoms with Crippen LogP contribution < -0.4 is 0 Å². The van der Waals surface area contributed by atoms with Crippen molar-refractivity contribution in [3.8, 4) is 5.75 Å². The summed E-state index contributed by atoms with van der Waals surface area (Å²) in [5.74, 6) is 0.309. The van der Waals surface area contributed by atoms with Crippen molar-refractivity contribution in [2.24, 2.45) is 0 Å². The van der Waals surface area contributed by atoms with Crippen molar-refractivity contribution >= 4 is 26.7 Å². The topological polar surface area (TPSA) is 20.2 Å². The molecular weight excluding hydrogens is 264 g/mol. The average molecular weight is 279 g/mol. The molecule has 0 radical (unpaired) electrons. The molecule has 0 fully saturated rings. The maximum absolute atomic E-state index is 9.91. The largest absolute Gasteiger partial charge is 0.507 e. The number of hydrogen-bond acceptors (Lipinski definition) is 1. The Balaban J connectivity index is 2.91. The molecule has 0 aliphatic rings. The van der Waals surface area contributed by atoms with E-state index in [-0.39, 0.29) is 5.41 Å². The standard InChI is InChI=1S/C14H15BrO/c1-14(2,3)11-8-12(16)13(15)10-7-5-4-6-9(10)11/h4-8,16H,1-3H3. The molecule has 84 valence electrons. The van der Waals surface area contributed by atoms with Gasteiger partial charge < -0.3 is 5.11 Å². The molecule has 0 unspecified atom stereocenters. The number of aromatic hydroxyl groups is 1. The summed E-state index contributed by atoms with van der Waals surface area (Å²) < 4.78 is 0.774. The molecule has 2 heteroatoms. The van der Waals surface area contributed by atoms with Crippen LogP contribution in [0.1, 0.15) is 26.3 Å². The molecule has 2 rings (SSSR count). The lowest BCUT2D eigenvalue weighted by atomic mass is 9.83. The maximum atomic E-state index is 9.91. The Morgan fingerprint density at radius 1 is 1.06 bits per heavy atom. The van der Waals surface area contributed by atoms with Crippen LogP contribution in [0.2, 0.25) is 0 Å². The zero-order valence-corrected chi connectivity index (χ0v) is 11.3. The summed E-state index contributed by atoms with van der Waals surface area (Å²) in [6.45, 7) is 6.46. The van der Waals surface area contributed by atoms with Crippen LogP contribution in [0.4, 0.5) is 0 Å². The summed E-state index contributed by atoms with van der Waals surface area (Å²) in [7, 11) is 0. The molecular formula is C14H15BrO. The van der Waals surface area contributed by atoms with Crippen molar-refractivity contribution in [1.29, 1.82) is 0 Å². The highest BCUT2D eigenvalue weighted by molar-refractivity contribution is 9.10. The molecule has 16 heavy (non-hydrogen) atoms. The summed E-state index contributed by atoms with van der Waals surface area (Å²) in [5, 5.41) is 12.2. The van der Waals surface area contributed by atoms with Crippen LogP contribution in [0.15, 0.2) is 34.8 Å². The second-order valence-electron chi connectivity index (χ2n) is 5.05. The fourth-order valence-corrected chi connectivity index (χ4v) is 2.41. The zero-order valence-electron chi connectivity index (χ0n) is 9.71. The van der Waals surface area contributed by atoms with Crippen LogP contribution in [0.3, 0.4) is 0 Å². The molecule has 0 amide bonds. The number of benzene rings is 2. The molecule has 0 saturated heterocycles. The Morgan fingerprint density at radius 3 is 2.19 bits per heavy atom. The predicted octanol–water partition coefficient (Wildman–Crippen LogP) is 4.61. The molecule has 1 nitrogen and oxygen atoms in total. The van der Waals surface area contributed by atoms with Gasteiger partial charge in [0.25, 0.3) is 0 Å². The maximum Gasteiger partial charge on any atom is 0.130 e. The van der Waals surface area contributed by atoms with E-state index in [9.17, 15) is 5.11 Å². The van der Waals surface area contributed by atoms with Crippen molar-refractivity contribution in [2.45, 2.75) is 26.2 Å². The van der Waals surface area contributed by atoms with Gasteiger partial charge in [-0.15, -0.1) is 0 Å². The zero-order chi connectivity index (χ0) is 11.9. The molecule has 0 aliphatic heterocycles. The lowest BCUT2D eigenvalue weighted by Gasteiger charge is -2.22. The van der Waals surface area contributed by atoms with Crippen LogP contribution in [-0.2, 0) is 5.41 Å². The van der Waals surface area contributed by atoms with Crippen LogP contribution in [-0.4, -0.2) is 5.11 Å². The van der Waals surface area contributed by atoms with Gasteiger partial charge in [0.15, 0.2) is 0 Å². The van der Waals surface area contributed by atoms with Crippen molar-refractivity contribution in [2.75, 3.05) is 0 Å². The highest BCUT2D eigenvalue weighted by Gasteiger charge is 2.19. The quantitative estimate of drug-likeness (QED) is 0.746. The van der Waals surface area contributed by atoms with Crippen LogP contribution >= 0.6 is 15.9 Å². The van der Waals surface area contributed by atoms with Gasteiger partial charge in [0.2, 0.25) is 0 Å². The van der Waals surface area contributed by atoms with Gasteiger partial charge in [0.1, 0.15) is 5.75 Å². The van der Waals surface area contributed by atoms with Crippen molar-refractivity contribution < 1.29 is 5.11 Å². The number of hydrogen-bond donors (Lipinski definition) is 1. The predicted molar refractivity (Wildman–Crippen MR) is 72.0 cm³/mol. The molecule has 0 aliphatic carbocycles. The first-order valence-electron chi connectivity index (χ1n) is 5.32. The first-order valence-corrected chi connectivity index (χ1v) is 6.11. The summed E-state index contributed by atoms with van der Waals surface area (Å²) in [4.78, 5) is 0. The van der Waals surface area contributed by atoms with E-state index in [1.165, 1.54) is 10.9 Å². The molecule has 0 heterocycles. The number of phenolic OH excluding ortho intramolecular Hbond substituents is 1. The van der Waals surface area contributed by atoms with Gasteiger partial charge in [-0.2, -0.15) is 0 Å². The fourth-order valence-electron chi connectivity index (χ4n) is 1.95. The third-order valence-electron chi connectivity index (χ3n) is 2.77. The van der Waals surface area contributed by atoms with E-state index >= 15 is 0 Å². The molecule has 0 saturated carbocycles. The Bertz CT molecular complexity index is 538. The minimum Gasteiger partial charge on any atom is -0.507 e. The Labute approximate surface area is 104 Å². The Kier molecular flexibility index (Phi) is 2.70. The van der Waals surface area contributed by atoms with E-state index < -0.39 is 0 Å². The number of fused-ring (bicyclic) bond motifs is 1. The molecule has 2 aromatic carbocycles. The first kappa shape index (κ1) is 11.5. The number of halogens is 1. The van der Waals surface area contributed by atoms with E-state index in [2.05, 4.69) is 42.8 Å². The highest BCUT2D eigenvalue weighted by Crippen LogP contribution is 2.39. The van der Waals surface area contributed by atoms with E-state index in [1.807, 2.05) is 24.3 Å². The lowest BCUT2D eigenvalue weighted by molar-refractivity contribution is 0.469. The summed E-state index contributed by atoms with van der Waals surface area (Å²) in [6.07, 6.45) is 0. The van der Waals surface area contributed by atoms with Crippen LogP contribution in [0.5, 0.6) is 5.75 Å². The van der Waals surface area contributed by atoms with Gasteiger partial charge >= 0.3 is 0 Å². The molecule has 1 N–H and O–H groups in total.